The number of carbonyl (C=O) groups is 1. The molecule has 5 aromatic rings. The van der Waals surface area contributed by atoms with Gasteiger partial charge in [-0.05, 0) is 35.9 Å². The fourth-order valence-electron chi connectivity index (χ4n) is 3.46. The predicted octanol–water partition coefficient (Wildman–Crippen LogP) is 4.96. The summed E-state index contributed by atoms with van der Waals surface area (Å²) < 4.78 is 0. The van der Waals surface area contributed by atoms with Gasteiger partial charge in [0.1, 0.15) is 5.69 Å². The van der Waals surface area contributed by atoms with E-state index in [-0.39, 0.29) is 12.3 Å². The molecular weight excluding hydrogens is 360 g/mol. The van der Waals surface area contributed by atoms with Crippen molar-refractivity contribution >= 4 is 33.5 Å². The van der Waals surface area contributed by atoms with E-state index < -0.39 is 0 Å². The van der Waals surface area contributed by atoms with Gasteiger partial charge in [0.15, 0.2) is 5.82 Å². The fourth-order valence-corrected chi connectivity index (χ4v) is 3.46. The lowest BCUT2D eigenvalue weighted by Crippen LogP contribution is -2.14. The molecule has 0 spiro atoms. The third kappa shape index (κ3) is 3.46. The number of hydrogen-bond donors (Lipinski definition) is 2. The number of nitrogens with one attached hydrogen (secondary N) is 2. The van der Waals surface area contributed by atoms with Crippen molar-refractivity contribution in [1.29, 1.82) is 0 Å². The molecule has 140 valence electrons. The highest BCUT2D eigenvalue weighted by Crippen LogP contribution is 2.24. The summed E-state index contributed by atoms with van der Waals surface area (Å²) in [6.45, 7) is 0. The van der Waals surface area contributed by atoms with Crippen LogP contribution in [0, 0.1) is 0 Å². The highest BCUT2D eigenvalue weighted by molar-refractivity contribution is 5.95. The Kier molecular flexibility index (Phi) is 4.26. The number of benzene rings is 3. The number of aromatic amines is 1. The number of amides is 1. The smallest absolute Gasteiger partial charge is 0.228 e. The van der Waals surface area contributed by atoms with Crippen molar-refractivity contribution in [3.63, 3.8) is 0 Å². The Balaban J connectivity index is 1.49. The minimum absolute atomic E-state index is 0.0698. The quantitative estimate of drug-likeness (QED) is 0.464. The molecule has 1 amide bonds. The van der Waals surface area contributed by atoms with Crippen LogP contribution in [0.2, 0.25) is 0 Å². The third-order valence-electron chi connectivity index (χ3n) is 4.84. The van der Waals surface area contributed by atoms with Crippen LogP contribution in [0.1, 0.15) is 5.56 Å². The summed E-state index contributed by atoms with van der Waals surface area (Å²) in [7, 11) is 0. The van der Waals surface area contributed by atoms with Crippen LogP contribution in [-0.2, 0) is 11.2 Å². The first-order valence-electron chi connectivity index (χ1n) is 9.45. The summed E-state index contributed by atoms with van der Waals surface area (Å²) in [5, 5.41) is 3.93. The first kappa shape index (κ1) is 17.1. The van der Waals surface area contributed by atoms with Gasteiger partial charge in [0.25, 0.3) is 0 Å². The van der Waals surface area contributed by atoms with Gasteiger partial charge < -0.3 is 10.3 Å². The highest BCUT2D eigenvalue weighted by Gasteiger charge is 2.12. The van der Waals surface area contributed by atoms with Crippen molar-refractivity contribution in [3.8, 4) is 11.5 Å². The van der Waals surface area contributed by atoms with Gasteiger partial charge in [-0.3, -0.25) is 4.79 Å². The number of aromatic nitrogens is 3. The second kappa shape index (κ2) is 7.20. The summed E-state index contributed by atoms with van der Waals surface area (Å²) in [4.78, 5) is 25.3. The Labute approximate surface area is 167 Å². The zero-order chi connectivity index (χ0) is 19.6. The summed E-state index contributed by atoms with van der Waals surface area (Å²) in [5.74, 6) is 0.649. The van der Waals surface area contributed by atoms with Gasteiger partial charge >= 0.3 is 0 Å². The van der Waals surface area contributed by atoms with Crippen molar-refractivity contribution in [1.82, 2.24) is 15.0 Å². The molecule has 2 heterocycles. The molecule has 0 aliphatic carbocycles. The van der Waals surface area contributed by atoms with E-state index in [4.69, 9.17) is 4.98 Å². The van der Waals surface area contributed by atoms with Crippen molar-refractivity contribution in [3.05, 3.63) is 90.5 Å². The van der Waals surface area contributed by atoms with Crippen molar-refractivity contribution in [2.75, 3.05) is 5.32 Å². The van der Waals surface area contributed by atoms with E-state index in [0.29, 0.717) is 0 Å². The molecule has 3 aromatic carbocycles. The van der Waals surface area contributed by atoms with Crippen LogP contribution < -0.4 is 5.32 Å². The molecule has 5 heteroatoms. The molecule has 0 saturated heterocycles. The molecule has 0 unspecified atom stereocenters. The molecule has 0 radical (unpaired) electrons. The van der Waals surface area contributed by atoms with Crippen LogP contribution in [0.15, 0.2) is 84.9 Å². The second-order valence-electron chi connectivity index (χ2n) is 6.88. The van der Waals surface area contributed by atoms with Gasteiger partial charge in [0, 0.05) is 11.1 Å². The molecule has 2 N–H and O–H groups in total. The van der Waals surface area contributed by atoms with E-state index in [1.54, 1.807) is 0 Å². The van der Waals surface area contributed by atoms with Crippen LogP contribution in [0.5, 0.6) is 0 Å². The minimum atomic E-state index is -0.0698. The maximum Gasteiger partial charge on any atom is 0.228 e. The lowest BCUT2D eigenvalue weighted by molar-refractivity contribution is -0.115. The standard InChI is InChI=1S/C24H18N4O/c29-22(25-18-9-2-1-3-10-18)15-17-8-6-7-16-13-14-21(26-23(16)17)24-27-19-11-4-5-12-20(19)28-24/h1-14H,15H2,(H,25,29)(H,27,28). The molecule has 0 bridgehead atoms. The number of imidazole rings is 1. The summed E-state index contributed by atoms with van der Waals surface area (Å²) >= 11 is 0. The first-order valence-corrected chi connectivity index (χ1v) is 9.45. The number of nitrogens with zero attached hydrogens (tertiary/aromatic N) is 2. The molecule has 0 fully saturated rings. The van der Waals surface area contributed by atoms with Gasteiger partial charge in [-0.2, -0.15) is 0 Å². The number of pyridine rings is 1. The maximum absolute atomic E-state index is 12.5. The normalized spacial score (nSPS) is 11.0. The van der Waals surface area contributed by atoms with E-state index in [2.05, 4.69) is 15.3 Å². The highest BCUT2D eigenvalue weighted by atomic mass is 16.1. The van der Waals surface area contributed by atoms with Gasteiger partial charge in [0.2, 0.25) is 5.91 Å². The van der Waals surface area contributed by atoms with Crippen molar-refractivity contribution in [2.24, 2.45) is 0 Å². The Hall–Kier alpha value is -3.99. The van der Waals surface area contributed by atoms with Gasteiger partial charge in [-0.25, -0.2) is 9.97 Å². The van der Waals surface area contributed by atoms with Gasteiger partial charge in [-0.1, -0.05) is 54.6 Å². The molecule has 2 aromatic heterocycles. The van der Waals surface area contributed by atoms with Crippen LogP contribution >= 0.6 is 0 Å². The molecular formula is C24H18N4O. The number of hydrogen-bond acceptors (Lipinski definition) is 3. The number of anilines is 1. The molecule has 0 atom stereocenters. The Bertz CT molecular complexity index is 1290. The lowest BCUT2D eigenvalue weighted by Gasteiger charge is -2.08. The number of carbonyl (C=O) groups excluding carboxylic acids is 1. The first-order chi connectivity index (χ1) is 14.3. The zero-order valence-electron chi connectivity index (χ0n) is 15.6. The number of para-hydroxylation sites is 4. The molecule has 0 saturated carbocycles. The average molecular weight is 378 g/mol. The number of rotatable bonds is 4. The lowest BCUT2D eigenvalue weighted by atomic mass is 10.1. The fraction of sp³-hybridized carbons (Fsp3) is 0.0417. The third-order valence-corrected chi connectivity index (χ3v) is 4.84. The zero-order valence-corrected chi connectivity index (χ0v) is 15.6. The number of H-pyrrole nitrogens is 1. The second-order valence-corrected chi connectivity index (χ2v) is 6.88. The van der Waals surface area contributed by atoms with Crippen molar-refractivity contribution < 1.29 is 4.79 Å². The van der Waals surface area contributed by atoms with Crippen LogP contribution in [0.3, 0.4) is 0 Å². The summed E-state index contributed by atoms with van der Waals surface area (Å²) in [6.07, 6.45) is 0.253. The van der Waals surface area contributed by atoms with E-state index >= 15 is 0 Å². The molecule has 0 aliphatic heterocycles. The van der Waals surface area contributed by atoms with Crippen LogP contribution in [0.4, 0.5) is 5.69 Å². The van der Waals surface area contributed by atoms with Crippen molar-refractivity contribution in [2.45, 2.75) is 6.42 Å². The average Bonchev–Trinajstić information content (AvgIpc) is 3.19. The topological polar surface area (TPSA) is 70.7 Å². The number of fused-ring (bicyclic) bond motifs is 2. The molecule has 0 aliphatic rings. The predicted molar refractivity (Wildman–Crippen MR) is 116 cm³/mol. The molecule has 5 nitrogen and oxygen atoms in total. The van der Waals surface area contributed by atoms with E-state index in [1.165, 1.54) is 0 Å². The summed E-state index contributed by atoms with van der Waals surface area (Å²) in [6, 6.07) is 27.2. The molecule has 29 heavy (non-hydrogen) atoms. The van der Waals surface area contributed by atoms with E-state index in [9.17, 15) is 4.79 Å². The largest absolute Gasteiger partial charge is 0.337 e. The Morgan fingerprint density at radius 2 is 1.66 bits per heavy atom. The van der Waals surface area contributed by atoms with E-state index in [0.717, 1.165) is 44.7 Å². The Morgan fingerprint density at radius 1 is 0.828 bits per heavy atom. The van der Waals surface area contributed by atoms with Crippen LogP contribution in [-0.4, -0.2) is 20.9 Å². The van der Waals surface area contributed by atoms with Crippen LogP contribution in [0.25, 0.3) is 33.5 Å². The monoisotopic (exact) mass is 378 g/mol. The van der Waals surface area contributed by atoms with Gasteiger partial charge in [-0.15, -0.1) is 0 Å². The minimum Gasteiger partial charge on any atom is -0.337 e. The summed E-state index contributed by atoms with van der Waals surface area (Å²) in [5.41, 5.74) is 5.11. The van der Waals surface area contributed by atoms with E-state index in [1.807, 2.05) is 84.9 Å². The maximum atomic E-state index is 12.5. The molecule has 5 rings (SSSR count). The SMILES string of the molecule is O=C(Cc1cccc2ccc(-c3nc4ccccc4[nH]3)nc12)Nc1ccccc1. The Morgan fingerprint density at radius 3 is 2.52 bits per heavy atom. The van der Waals surface area contributed by atoms with Gasteiger partial charge in [0.05, 0.1) is 23.0 Å².